The number of carbonyl (C=O) groups excluding carboxylic acids is 1. The van der Waals surface area contributed by atoms with E-state index >= 15 is 0 Å². The maximum atomic E-state index is 12.1. The number of aromatic nitrogens is 2. The fraction of sp³-hybridized carbons (Fsp3) is 0.231. The normalized spacial score (nSPS) is 13.1. The highest BCUT2D eigenvalue weighted by Gasteiger charge is 2.30. The second-order valence-corrected chi connectivity index (χ2v) is 6.30. The molecule has 0 aliphatic carbocycles. The van der Waals surface area contributed by atoms with E-state index in [0.29, 0.717) is 5.69 Å². The topological polar surface area (TPSA) is 106 Å². The molecule has 1 radical (unpaired) electrons. The van der Waals surface area contributed by atoms with Crippen LogP contribution in [0.2, 0.25) is 0 Å². The third-order valence-corrected chi connectivity index (χ3v) is 4.54. The van der Waals surface area contributed by atoms with E-state index in [1.54, 1.807) is 12.1 Å². The van der Waals surface area contributed by atoms with E-state index in [1.165, 1.54) is 18.5 Å². The van der Waals surface area contributed by atoms with Crippen LogP contribution in [0.15, 0.2) is 35.5 Å². The smallest absolute Gasteiger partial charge is 0.268 e. The Bertz CT molecular complexity index is 691. The van der Waals surface area contributed by atoms with Gasteiger partial charge in [0.1, 0.15) is 0 Å². The van der Waals surface area contributed by atoms with E-state index in [2.05, 4.69) is 16.2 Å². The minimum Gasteiger partial charge on any atom is -0.343 e. The minimum atomic E-state index is -4.07. The Hall–Kier alpha value is -1.99. The summed E-state index contributed by atoms with van der Waals surface area (Å²) >= 11 is 0. The molecule has 1 aromatic carbocycles. The summed E-state index contributed by atoms with van der Waals surface area (Å²) in [5, 5.41) is -1.02. The molecule has 7 heteroatoms. The van der Waals surface area contributed by atoms with Crippen LogP contribution in [-0.4, -0.2) is 29.5 Å². The van der Waals surface area contributed by atoms with Gasteiger partial charge in [-0.2, -0.15) is 0 Å². The number of aryl methyl sites for hydroxylation is 1. The summed E-state index contributed by atoms with van der Waals surface area (Å²) in [5.74, 6) is 0. The van der Waals surface area contributed by atoms with Crippen molar-refractivity contribution < 1.29 is 13.2 Å². The minimum absolute atomic E-state index is 0.0213. The molecule has 0 aliphatic heterocycles. The molecule has 1 atom stereocenters. The van der Waals surface area contributed by atoms with Gasteiger partial charge in [-0.3, -0.25) is 4.79 Å². The zero-order valence-electron chi connectivity index (χ0n) is 10.8. The van der Waals surface area contributed by atoms with Crippen molar-refractivity contribution in [1.82, 2.24) is 9.97 Å². The molecule has 2 rings (SSSR count). The quantitative estimate of drug-likeness (QED) is 0.848. The average Bonchev–Trinajstić information content (AvgIpc) is 2.91. The van der Waals surface area contributed by atoms with E-state index in [4.69, 9.17) is 5.73 Å². The summed E-state index contributed by atoms with van der Waals surface area (Å²) in [5.41, 5.74) is 6.99. The van der Waals surface area contributed by atoms with Crippen molar-refractivity contribution in [1.29, 1.82) is 0 Å². The van der Waals surface area contributed by atoms with Gasteiger partial charge in [0.15, 0.2) is 0 Å². The molecule has 0 saturated heterocycles. The molecule has 0 amide bonds. The Labute approximate surface area is 117 Å². The zero-order chi connectivity index (χ0) is 14.8. The van der Waals surface area contributed by atoms with Gasteiger partial charge < -0.3 is 10.7 Å². The molecule has 2 aromatic rings. The molecular weight excluding hydrogens is 278 g/mol. The van der Waals surface area contributed by atoms with Crippen LogP contribution in [0, 0.1) is 13.1 Å². The third-order valence-electron chi connectivity index (χ3n) is 2.81. The van der Waals surface area contributed by atoms with Crippen molar-refractivity contribution in [2.75, 3.05) is 0 Å². The van der Waals surface area contributed by atoms with Crippen molar-refractivity contribution in [3.63, 3.8) is 0 Å². The van der Waals surface area contributed by atoms with Gasteiger partial charge in [0.25, 0.3) is 5.12 Å². The first kappa shape index (κ1) is 14.4. The number of nitrogens with zero attached hydrogens (tertiary/aromatic N) is 1. The molecule has 0 aliphatic rings. The molecule has 0 unspecified atom stereocenters. The fourth-order valence-electron chi connectivity index (χ4n) is 1.69. The Morgan fingerprint density at radius 1 is 1.40 bits per heavy atom. The van der Waals surface area contributed by atoms with Gasteiger partial charge in [0.2, 0.25) is 9.84 Å². The average molecular weight is 292 g/mol. The number of carbonyl (C=O) groups is 1. The van der Waals surface area contributed by atoms with Gasteiger partial charge in [-0.15, -0.1) is 0 Å². The van der Waals surface area contributed by atoms with E-state index in [-0.39, 0.29) is 11.3 Å². The lowest BCUT2D eigenvalue weighted by Gasteiger charge is -2.09. The number of sulfone groups is 1. The lowest BCUT2D eigenvalue weighted by atomic mass is 10.2. The van der Waals surface area contributed by atoms with Crippen LogP contribution >= 0.6 is 0 Å². The first-order valence-corrected chi connectivity index (χ1v) is 7.40. The first-order valence-electron chi connectivity index (χ1n) is 5.92. The van der Waals surface area contributed by atoms with Gasteiger partial charge in [-0.25, -0.2) is 13.4 Å². The van der Waals surface area contributed by atoms with Crippen molar-refractivity contribution in [3.05, 3.63) is 48.0 Å². The summed E-state index contributed by atoms with van der Waals surface area (Å²) in [7, 11) is -4.07. The second kappa shape index (κ2) is 5.56. The molecule has 20 heavy (non-hydrogen) atoms. The van der Waals surface area contributed by atoms with Crippen LogP contribution in [0.25, 0.3) is 0 Å². The van der Waals surface area contributed by atoms with Crippen LogP contribution in [0.4, 0.5) is 0 Å². The van der Waals surface area contributed by atoms with Gasteiger partial charge >= 0.3 is 0 Å². The van der Waals surface area contributed by atoms with Crippen molar-refractivity contribution in [3.8, 4) is 0 Å². The number of rotatable bonds is 4. The number of hydrogen-bond donors (Lipinski definition) is 2. The number of aromatic amines is 1. The predicted octanol–water partition coefficient (Wildman–Crippen LogP) is 0.389. The number of benzene rings is 1. The molecule has 1 heterocycles. The Balaban J connectivity index is 2.20. The monoisotopic (exact) mass is 292 g/mol. The summed E-state index contributed by atoms with van der Waals surface area (Å²) in [6.07, 6.45) is 4.07. The van der Waals surface area contributed by atoms with E-state index in [1.807, 2.05) is 6.92 Å². The highest BCUT2D eigenvalue weighted by Crippen LogP contribution is 2.15. The number of hydrogen-bond acceptors (Lipinski definition) is 5. The molecule has 6 nitrogen and oxygen atoms in total. The molecule has 0 spiro atoms. The predicted molar refractivity (Wildman–Crippen MR) is 72.5 cm³/mol. The molecule has 0 saturated carbocycles. The maximum Gasteiger partial charge on any atom is 0.268 e. The van der Waals surface area contributed by atoms with Crippen molar-refractivity contribution in [2.24, 2.45) is 5.73 Å². The molecule has 0 fully saturated rings. The number of nitrogens with two attached hydrogens (primary N) is 1. The van der Waals surface area contributed by atoms with Gasteiger partial charge in [-0.1, -0.05) is 17.7 Å². The Morgan fingerprint density at radius 2 is 2.05 bits per heavy atom. The van der Waals surface area contributed by atoms with Crippen LogP contribution in [0.3, 0.4) is 0 Å². The highest BCUT2D eigenvalue weighted by molar-refractivity contribution is 8.06. The van der Waals surface area contributed by atoms with Gasteiger partial charge in [0.05, 0.1) is 29.2 Å². The summed E-state index contributed by atoms with van der Waals surface area (Å²) in [6.45, 7) is 1.83. The van der Waals surface area contributed by atoms with E-state index in [0.717, 1.165) is 5.56 Å². The van der Waals surface area contributed by atoms with E-state index < -0.39 is 21.0 Å². The third kappa shape index (κ3) is 2.94. The molecule has 3 N–H and O–H groups in total. The van der Waals surface area contributed by atoms with Gasteiger partial charge in [0, 0.05) is 6.42 Å². The summed E-state index contributed by atoms with van der Waals surface area (Å²) in [4.78, 5) is 18.4. The summed E-state index contributed by atoms with van der Waals surface area (Å²) in [6, 6.07) is 4.90. The van der Waals surface area contributed by atoms with Crippen LogP contribution in [-0.2, 0) is 21.1 Å². The standard InChI is InChI=1S/C13H14N3O3S/c1-9-2-4-11(5-3-9)20(18,19)13(17)12(14)6-10-7-15-8-16-10/h2-5,8,12H,6,14H2,1H3,(H,15,16)/t12-/m0/s1. The largest absolute Gasteiger partial charge is 0.343 e. The highest BCUT2D eigenvalue weighted by atomic mass is 32.2. The van der Waals surface area contributed by atoms with Crippen molar-refractivity contribution >= 4 is 15.0 Å². The lowest BCUT2D eigenvalue weighted by Crippen LogP contribution is -2.37. The number of nitrogens with one attached hydrogen (secondary N) is 1. The maximum absolute atomic E-state index is 12.1. The second-order valence-electron chi connectivity index (χ2n) is 4.42. The first-order chi connectivity index (χ1) is 9.41. The Morgan fingerprint density at radius 3 is 2.60 bits per heavy atom. The lowest BCUT2D eigenvalue weighted by molar-refractivity contribution is -0.112. The summed E-state index contributed by atoms with van der Waals surface area (Å²) < 4.78 is 24.3. The Kier molecular flexibility index (Phi) is 4.01. The fourth-order valence-corrected chi connectivity index (χ4v) is 2.89. The molecule has 1 aromatic heterocycles. The van der Waals surface area contributed by atoms with Crippen LogP contribution < -0.4 is 5.73 Å². The molecule has 0 bridgehead atoms. The number of imidazole rings is 1. The number of H-pyrrole nitrogens is 1. The van der Waals surface area contributed by atoms with Gasteiger partial charge in [-0.05, 0) is 19.1 Å². The van der Waals surface area contributed by atoms with Crippen molar-refractivity contribution in [2.45, 2.75) is 24.3 Å². The van der Waals surface area contributed by atoms with Crippen LogP contribution in [0.1, 0.15) is 11.3 Å². The van der Waals surface area contributed by atoms with Crippen LogP contribution in [0.5, 0.6) is 0 Å². The SMILES string of the molecule is Cc1ccc(S(=O)(=O)C(=O)[C@@H](N)Cc2[c][nH]cn2)cc1. The molecule has 105 valence electrons. The zero-order valence-corrected chi connectivity index (χ0v) is 11.6. The molecular formula is C13H14N3O3S. The van der Waals surface area contributed by atoms with E-state index in [9.17, 15) is 13.2 Å².